The van der Waals surface area contributed by atoms with Crippen LogP contribution in [-0.4, -0.2) is 25.1 Å². The van der Waals surface area contributed by atoms with Crippen LogP contribution in [0.4, 0.5) is 14.5 Å². The molecule has 0 saturated heterocycles. The molecule has 1 aromatic carbocycles. The summed E-state index contributed by atoms with van der Waals surface area (Å²) in [5, 5.41) is 2.49. The van der Waals surface area contributed by atoms with Crippen LogP contribution < -0.4 is 10.1 Å². The number of esters is 1. The number of rotatable bonds is 6. The monoisotopic (exact) mass is 299 g/mol. The minimum Gasteiger partial charge on any atom is -0.455 e. The first-order valence-electron chi connectivity index (χ1n) is 6.47. The van der Waals surface area contributed by atoms with E-state index in [1.807, 2.05) is 6.92 Å². The summed E-state index contributed by atoms with van der Waals surface area (Å²) < 4.78 is 33.0. The van der Waals surface area contributed by atoms with Crippen LogP contribution in [0.5, 0.6) is 5.75 Å². The summed E-state index contributed by atoms with van der Waals surface area (Å²) in [6.07, 6.45) is 0.798. The first-order chi connectivity index (χ1) is 9.95. The van der Waals surface area contributed by atoms with Crippen molar-refractivity contribution in [3.05, 3.63) is 24.3 Å². The third-order valence-corrected chi connectivity index (χ3v) is 3.12. The fourth-order valence-corrected chi connectivity index (χ4v) is 1.81. The van der Waals surface area contributed by atoms with Crippen molar-refractivity contribution in [3.63, 3.8) is 0 Å². The first-order valence-corrected chi connectivity index (χ1v) is 6.47. The zero-order valence-electron chi connectivity index (χ0n) is 11.3. The Hall–Kier alpha value is -2.18. The van der Waals surface area contributed by atoms with E-state index >= 15 is 0 Å². The van der Waals surface area contributed by atoms with Gasteiger partial charge in [0.25, 0.3) is 5.91 Å². The van der Waals surface area contributed by atoms with E-state index in [0.717, 1.165) is 6.42 Å². The normalized spacial score (nSPS) is 20.0. The van der Waals surface area contributed by atoms with Gasteiger partial charge in [-0.15, -0.1) is 0 Å². The highest BCUT2D eigenvalue weighted by molar-refractivity contribution is 5.93. The molecule has 0 spiro atoms. The third-order valence-electron chi connectivity index (χ3n) is 3.12. The predicted octanol–water partition coefficient (Wildman–Crippen LogP) is 2.43. The van der Waals surface area contributed by atoms with Crippen LogP contribution in [0.1, 0.15) is 13.3 Å². The average Bonchev–Trinajstić information content (AvgIpc) is 3.15. The number of halogens is 2. The molecule has 1 amide bonds. The molecule has 1 N–H and O–H groups in total. The number of hydrogen-bond acceptors (Lipinski definition) is 4. The molecular formula is C14H15F2NO4. The largest absolute Gasteiger partial charge is 0.455 e. The van der Waals surface area contributed by atoms with Gasteiger partial charge in [0.05, 0.1) is 5.92 Å². The average molecular weight is 299 g/mol. The second-order valence-electron chi connectivity index (χ2n) is 4.88. The highest BCUT2D eigenvalue weighted by Crippen LogP contribution is 2.38. The maximum Gasteiger partial charge on any atom is 0.387 e. The molecule has 2 atom stereocenters. The van der Waals surface area contributed by atoms with Gasteiger partial charge in [-0.2, -0.15) is 8.78 Å². The van der Waals surface area contributed by atoms with E-state index in [2.05, 4.69) is 10.1 Å². The summed E-state index contributed by atoms with van der Waals surface area (Å²) in [7, 11) is 0. The first kappa shape index (κ1) is 15.2. The SMILES string of the molecule is C[C@@H]1C[C@H]1C(=O)OCC(=O)Nc1ccc(OC(F)F)cc1. The molecular weight excluding hydrogens is 284 g/mol. The third kappa shape index (κ3) is 4.70. The van der Waals surface area contributed by atoms with E-state index in [0.29, 0.717) is 11.6 Å². The van der Waals surface area contributed by atoms with Crippen molar-refractivity contribution < 1.29 is 27.8 Å². The van der Waals surface area contributed by atoms with Crippen LogP contribution in [0.25, 0.3) is 0 Å². The number of benzene rings is 1. The molecule has 0 unspecified atom stereocenters. The number of carbonyl (C=O) groups is 2. The van der Waals surface area contributed by atoms with Crippen molar-refractivity contribution >= 4 is 17.6 Å². The van der Waals surface area contributed by atoms with E-state index in [1.165, 1.54) is 24.3 Å². The highest BCUT2D eigenvalue weighted by Gasteiger charge is 2.40. The van der Waals surface area contributed by atoms with E-state index < -0.39 is 12.5 Å². The Bertz CT molecular complexity index is 518. The molecule has 114 valence electrons. The molecule has 0 heterocycles. The number of amides is 1. The lowest BCUT2D eigenvalue weighted by atomic mass is 10.3. The Morgan fingerprint density at radius 2 is 1.95 bits per heavy atom. The highest BCUT2D eigenvalue weighted by atomic mass is 19.3. The van der Waals surface area contributed by atoms with Crippen LogP contribution in [0, 0.1) is 11.8 Å². The Labute approximate surface area is 120 Å². The van der Waals surface area contributed by atoms with Gasteiger partial charge in [-0.25, -0.2) is 0 Å². The summed E-state index contributed by atoms with van der Waals surface area (Å²) in [5.41, 5.74) is 0.400. The second-order valence-corrected chi connectivity index (χ2v) is 4.88. The number of nitrogens with one attached hydrogen (secondary N) is 1. The lowest BCUT2D eigenvalue weighted by Crippen LogP contribution is -2.21. The quantitative estimate of drug-likeness (QED) is 0.819. The van der Waals surface area contributed by atoms with Gasteiger partial charge in [0.15, 0.2) is 6.61 Å². The number of ether oxygens (including phenoxy) is 2. The Kier molecular flexibility index (Phi) is 4.72. The van der Waals surface area contributed by atoms with Crippen molar-refractivity contribution in [1.29, 1.82) is 0 Å². The Morgan fingerprint density at radius 3 is 2.48 bits per heavy atom. The van der Waals surface area contributed by atoms with E-state index in [4.69, 9.17) is 4.74 Å². The summed E-state index contributed by atoms with van der Waals surface area (Å²) in [6.45, 7) is -1.32. The number of alkyl halides is 2. The Balaban J connectivity index is 1.75. The van der Waals surface area contributed by atoms with E-state index in [1.54, 1.807) is 0 Å². The fraction of sp³-hybridized carbons (Fsp3) is 0.429. The fourth-order valence-electron chi connectivity index (χ4n) is 1.81. The van der Waals surface area contributed by atoms with Gasteiger partial charge in [0.2, 0.25) is 0 Å². The van der Waals surface area contributed by atoms with Gasteiger partial charge < -0.3 is 14.8 Å². The molecule has 2 rings (SSSR count). The van der Waals surface area contributed by atoms with Crippen molar-refractivity contribution in [2.75, 3.05) is 11.9 Å². The van der Waals surface area contributed by atoms with Crippen molar-refractivity contribution in [3.8, 4) is 5.75 Å². The molecule has 0 bridgehead atoms. The molecule has 1 saturated carbocycles. The van der Waals surface area contributed by atoms with Gasteiger partial charge in [-0.3, -0.25) is 9.59 Å². The number of anilines is 1. The smallest absolute Gasteiger partial charge is 0.387 e. The van der Waals surface area contributed by atoms with Gasteiger partial charge >= 0.3 is 12.6 Å². The van der Waals surface area contributed by atoms with E-state index in [9.17, 15) is 18.4 Å². The summed E-state index contributed by atoms with van der Waals surface area (Å²) in [6, 6.07) is 5.44. The molecule has 0 radical (unpaired) electrons. The summed E-state index contributed by atoms with van der Waals surface area (Å²) >= 11 is 0. The van der Waals surface area contributed by atoms with Crippen molar-refractivity contribution in [2.45, 2.75) is 20.0 Å². The molecule has 1 aromatic rings. The maximum absolute atomic E-state index is 12.0. The summed E-state index contributed by atoms with van der Waals surface area (Å²) in [4.78, 5) is 23.0. The van der Waals surface area contributed by atoms with Crippen LogP contribution >= 0.6 is 0 Å². The zero-order valence-corrected chi connectivity index (χ0v) is 11.3. The van der Waals surface area contributed by atoms with Gasteiger partial charge in [-0.05, 0) is 36.6 Å². The van der Waals surface area contributed by atoms with Gasteiger partial charge in [0.1, 0.15) is 5.75 Å². The van der Waals surface area contributed by atoms with Crippen LogP contribution in [0.2, 0.25) is 0 Å². The lowest BCUT2D eigenvalue weighted by molar-refractivity contribution is -0.148. The van der Waals surface area contributed by atoms with Crippen LogP contribution in [0.3, 0.4) is 0 Å². The molecule has 1 aliphatic rings. The maximum atomic E-state index is 12.0. The molecule has 7 heteroatoms. The van der Waals surface area contributed by atoms with Crippen LogP contribution in [0.15, 0.2) is 24.3 Å². The molecule has 1 aliphatic carbocycles. The minimum absolute atomic E-state index is 0.00264. The number of carbonyl (C=O) groups excluding carboxylic acids is 2. The summed E-state index contributed by atoms with van der Waals surface area (Å²) in [5.74, 6) is -0.624. The standard InChI is InChI=1S/C14H15F2NO4/c1-8-6-11(8)13(19)20-7-12(18)17-9-2-4-10(5-3-9)21-14(15)16/h2-5,8,11,14H,6-7H2,1H3,(H,17,18)/t8-,11-/m1/s1. The molecule has 21 heavy (non-hydrogen) atoms. The van der Waals surface area contributed by atoms with Crippen molar-refractivity contribution in [1.82, 2.24) is 0 Å². The predicted molar refractivity (Wildman–Crippen MR) is 69.9 cm³/mol. The molecule has 0 aromatic heterocycles. The van der Waals surface area contributed by atoms with Crippen LogP contribution in [-0.2, 0) is 14.3 Å². The molecule has 0 aliphatic heterocycles. The zero-order chi connectivity index (χ0) is 15.4. The topological polar surface area (TPSA) is 64.6 Å². The van der Waals surface area contributed by atoms with E-state index in [-0.39, 0.29) is 24.2 Å². The van der Waals surface area contributed by atoms with Gasteiger partial charge in [-0.1, -0.05) is 6.92 Å². The lowest BCUT2D eigenvalue weighted by Gasteiger charge is -2.08. The molecule has 5 nitrogen and oxygen atoms in total. The molecule has 1 fully saturated rings. The van der Waals surface area contributed by atoms with Gasteiger partial charge in [0, 0.05) is 5.69 Å². The van der Waals surface area contributed by atoms with Crippen molar-refractivity contribution in [2.24, 2.45) is 11.8 Å². The minimum atomic E-state index is -2.89. The Morgan fingerprint density at radius 1 is 1.33 bits per heavy atom. The second kappa shape index (κ2) is 6.51. The number of hydrogen-bond donors (Lipinski definition) is 1.